The van der Waals surface area contributed by atoms with Crippen LogP contribution in [0.3, 0.4) is 0 Å². The first kappa shape index (κ1) is 13.8. The molecular formula is C11H22N2O2S. The summed E-state index contributed by atoms with van der Waals surface area (Å²) in [6, 6.07) is -0.454. The number of ether oxygens (including phenoxy) is 1. The number of hydrogen-bond donors (Lipinski definition) is 1. The molecule has 0 bridgehead atoms. The van der Waals surface area contributed by atoms with Crippen LogP contribution in [0.25, 0.3) is 0 Å². The zero-order valence-corrected chi connectivity index (χ0v) is 10.8. The van der Waals surface area contributed by atoms with Crippen molar-refractivity contribution in [3.8, 4) is 0 Å². The first-order valence-corrected chi connectivity index (χ1v) is 7.03. The largest absolute Gasteiger partial charge is 0.468 e. The summed E-state index contributed by atoms with van der Waals surface area (Å²) in [6.07, 6.45) is 3.40. The third kappa shape index (κ3) is 5.18. The molecule has 1 heterocycles. The van der Waals surface area contributed by atoms with Crippen molar-refractivity contribution < 1.29 is 9.53 Å². The number of thioether (sulfide) groups is 1. The lowest BCUT2D eigenvalue weighted by atomic mass is 10.2. The quantitative estimate of drug-likeness (QED) is 0.529. The van der Waals surface area contributed by atoms with Gasteiger partial charge in [-0.15, -0.1) is 0 Å². The maximum absolute atomic E-state index is 11.0. The predicted octanol–water partition coefficient (Wildman–Crippen LogP) is 0.706. The highest BCUT2D eigenvalue weighted by atomic mass is 32.2. The number of nitrogens with two attached hydrogens (primary N) is 1. The molecule has 0 amide bonds. The molecule has 0 spiro atoms. The van der Waals surface area contributed by atoms with Crippen molar-refractivity contribution in [2.24, 2.45) is 5.73 Å². The average Bonchev–Trinajstić information content (AvgIpc) is 2.80. The molecule has 0 radical (unpaired) electrons. The van der Waals surface area contributed by atoms with Crippen LogP contribution in [0.2, 0.25) is 0 Å². The monoisotopic (exact) mass is 246 g/mol. The Hall–Kier alpha value is -0.260. The lowest BCUT2D eigenvalue weighted by Crippen LogP contribution is -2.32. The topological polar surface area (TPSA) is 55.6 Å². The zero-order valence-electron chi connectivity index (χ0n) is 9.98. The molecule has 0 aromatic rings. The molecule has 4 nitrogen and oxygen atoms in total. The lowest BCUT2D eigenvalue weighted by Gasteiger charge is -2.14. The summed E-state index contributed by atoms with van der Waals surface area (Å²) in [5.41, 5.74) is 5.63. The van der Waals surface area contributed by atoms with E-state index in [4.69, 9.17) is 5.73 Å². The van der Waals surface area contributed by atoms with Crippen molar-refractivity contribution >= 4 is 17.7 Å². The first-order valence-electron chi connectivity index (χ1n) is 5.87. The number of nitrogens with zero attached hydrogens (tertiary/aromatic N) is 1. The Bertz CT molecular complexity index is 208. The fourth-order valence-electron chi connectivity index (χ4n) is 1.78. The summed E-state index contributed by atoms with van der Waals surface area (Å²) in [4.78, 5) is 13.5. The van der Waals surface area contributed by atoms with Crippen LogP contribution in [0.15, 0.2) is 0 Å². The highest BCUT2D eigenvalue weighted by molar-refractivity contribution is 7.99. The third-order valence-corrected chi connectivity index (χ3v) is 3.82. The molecule has 0 saturated carbocycles. The van der Waals surface area contributed by atoms with Crippen molar-refractivity contribution in [2.75, 3.05) is 38.2 Å². The number of methoxy groups -OCH3 is 1. The normalized spacial score (nSPS) is 18.6. The van der Waals surface area contributed by atoms with Crippen LogP contribution in [0.1, 0.15) is 19.3 Å². The van der Waals surface area contributed by atoms with Gasteiger partial charge in [-0.05, 0) is 38.1 Å². The average molecular weight is 246 g/mol. The number of carbonyl (C=O) groups is 1. The lowest BCUT2D eigenvalue weighted by molar-refractivity contribution is -0.142. The van der Waals surface area contributed by atoms with Crippen molar-refractivity contribution in [1.29, 1.82) is 0 Å². The molecule has 1 rings (SSSR count). The summed E-state index contributed by atoms with van der Waals surface area (Å²) in [5, 5.41) is 0. The molecule has 1 atom stereocenters. The zero-order chi connectivity index (χ0) is 11.8. The van der Waals surface area contributed by atoms with Crippen molar-refractivity contribution in [3.63, 3.8) is 0 Å². The van der Waals surface area contributed by atoms with E-state index in [1.165, 1.54) is 33.0 Å². The van der Waals surface area contributed by atoms with Crippen LogP contribution in [0.5, 0.6) is 0 Å². The van der Waals surface area contributed by atoms with Crippen molar-refractivity contribution in [1.82, 2.24) is 4.90 Å². The van der Waals surface area contributed by atoms with Gasteiger partial charge in [0, 0.05) is 12.3 Å². The van der Waals surface area contributed by atoms with Gasteiger partial charge in [0.15, 0.2) is 0 Å². The van der Waals surface area contributed by atoms with Gasteiger partial charge >= 0.3 is 5.97 Å². The molecule has 0 aliphatic carbocycles. The Morgan fingerprint density at radius 1 is 1.44 bits per heavy atom. The van der Waals surface area contributed by atoms with Gasteiger partial charge in [0.2, 0.25) is 0 Å². The van der Waals surface area contributed by atoms with E-state index in [1.807, 2.05) is 11.8 Å². The minimum atomic E-state index is -0.454. The molecule has 1 aliphatic rings. The molecule has 1 fully saturated rings. The molecular weight excluding hydrogens is 224 g/mol. The second-order valence-electron chi connectivity index (χ2n) is 4.08. The van der Waals surface area contributed by atoms with Gasteiger partial charge in [-0.1, -0.05) is 0 Å². The molecule has 0 aromatic heterocycles. The van der Waals surface area contributed by atoms with Gasteiger partial charge in [0.1, 0.15) is 6.04 Å². The smallest absolute Gasteiger partial charge is 0.322 e. The van der Waals surface area contributed by atoms with E-state index in [1.54, 1.807) is 0 Å². The fraction of sp³-hybridized carbons (Fsp3) is 0.909. The SMILES string of the molecule is COC(=O)C(N)CCSCCN1CCCC1. The number of hydrogen-bond acceptors (Lipinski definition) is 5. The maximum Gasteiger partial charge on any atom is 0.322 e. The van der Waals surface area contributed by atoms with E-state index in [0.717, 1.165) is 18.1 Å². The standard InChI is InChI=1S/C11H22N2O2S/c1-15-11(14)10(12)4-8-16-9-7-13-5-2-3-6-13/h10H,2-9,12H2,1H3. The van der Waals surface area contributed by atoms with Gasteiger partial charge in [0.05, 0.1) is 7.11 Å². The molecule has 1 saturated heterocycles. The van der Waals surface area contributed by atoms with Crippen LogP contribution in [0, 0.1) is 0 Å². The molecule has 1 aliphatic heterocycles. The Labute approximate surface area is 102 Å². The highest BCUT2D eigenvalue weighted by Crippen LogP contribution is 2.10. The van der Waals surface area contributed by atoms with Gasteiger partial charge in [-0.3, -0.25) is 4.79 Å². The van der Waals surface area contributed by atoms with E-state index in [2.05, 4.69) is 9.64 Å². The molecule has 16 heavy (non-hydrogen) atoms. The minimum Gasteiger partial charge on any atom is -0.468 e. The first-order chi connectivity index (χ1) is 7.74. The Morgan fingerprint density at radius 3 is 2.75 bits per heavy atom. The van der Waals surface area contributed by atoms with E-state index < -0.39 is 6.04 Å². The molecule has 2 N–H and O–H groups in total. The maximum atomic E-state index is 11.0. The number of rotatable bonds is 7. The fourth-order valence-corrected chi connectivity index (χ4v) is 2.79. The van der Waals surface area contributed by atoms with E-state index >= 15 is 0 Å². The minimum absolute atomic E-state index is 0.305. The second-order valence-corrected chi connectivity index (χ2v) is 5.30. The van der Waals surface area contributed by atoms with Crippen molar-refractivity contribution in [3.05, 3.63) is 0 Å². The van der Waals surface area contributed by atoms with Crippen LogP contribution in [0.4, 0.5) is 0 Å². The predicted molar refractivity (Wildman–Crippen MR) is 67.6 cm³/mol. The summed E-state index contributed by atoms with van der Waals surface area (Å²) >= 11 is 1.87. The summed E-state index contributed by atoms with van der Waals surface area (Å²) in [6.45, 7) is 3.67. The highest BCUT2D eigenvalue weighted by Gasteiger charge is 2.13. The van der Waals surface area contributed by atoms with Crippen LogP contribution < -0.4 is 5.73 Å². The summed E-state index contributed by atoms with van der Waals surface area (Å²) in [7, 11) is 1.38. The molecule has 5 heteroatoms. The summed E-state index contributed by atoms with van der Waals surface area (Å²) < 4.78 is 4.57. The van der Waals surface area contributed by atoms with Crippen LogP contribution in [-0.4, -0.2) is 55.2 Å². The number of likely N-dealkylation sites (tertiary alicyclic amines) is 1. The number of esters is 1. The van der Waals surface area contributed by atoms with Gasteiger partial charge in [-0.2, -0.15) is 11.8 Å². The van der Waals surface area contributed by atoms with E-state index in [9.17, 15) is 4.79 Å². The second kappa shape index (κ2) is 7.92. The molecule has 94 valence electrons. The van der Waals surface area contributed by atoms with Crippen LogP contribution in [-0.2, 0) is 9.53 Å². The van der Waals surface area contributed by atoms with Gasteiger partial charge < -0.3 is 15.4 Å². The van der Waals surface area contributed by atoms with Gasteiger partial charge in [0.25, 0.3) is 0 Å². The van der Waals surface area contributed by atoms with E-state index in [0.29, 0.717) is 6.42 Å². The summed E-state index contributed by atoms with van der Waals surface area (Å²) in [5.74, 6) is 1.76. The van der Waals surface area contributed by atoms with Crippen molar-refractivity contribution in [2.45, 2.75) is 25.3 Å². The Kier molecular flexibility index (Phi) is 6.84. The third-order valence-electron chi connectivity index (χ3n) is 2.83. The Morgan fingerprint density at radius 2 is 2.12 bits per heavy atom. The van der Waals surface area contributed by atoms with Gasteiger partial charge in [-0.25, -0.2) is 0 Å². The Balaban J connectivity index is 1.92. The van der Waals surface area contributed by atoms with Crippen LogP contribution >= 0.6 is 11.8 Å². The molecule has 1 unspecified atom stereocenters. The molecule has 0 aromatic carbocycles. The van der Waals surface area contributed by atoms with E-state index in [-0.39, 0.29) is 5.97 Å². The number of carbonyl (C=O) groups excluding carboxylic acids is 1.